The van der Waals surface area contributed by atoms with Gasteiger partial charge in [-0.15, -0.1) is 0 Å². The van der Waals surface area contributed by atoms with Crippen molar-refractivity contribution in [3.05, 3.63) is 39.6 Å². The van der Waals surface area contributed by atoms with Gasteiger partial charge in [0.1, 0.15) is 5.69 Å². The zero-order chi connectivity index (χ0) is 21.4. The number of nitro groups is 1. The lowest BCUT2D eigenvalue weighted by atomic mass is 10.1. The maximum Gasteiger partial charge on any atom is 0.348 e. The molecule has 0 fully saturated rings. The molecule has 2 rings (SSSR count). The SMILES string of the molecule is CC(=O)Nc1cc(NCCOCCN)ccc1C(=O)Nc1nc(C)c([N+](=O)[O-])s1. The second-order valence-electron chi connectivity index (χ2n) is 5.89. The van der Waals surface area contributed by atoms with Crippen LogP contribution in [0.4, 0.5) is 21.5 Å². The molecule has 0 aliphatic heterocycles. The second kappa shape index (κ2) is 10.5. The van der Waals surface area contributed by atoms with Gasteiger partial charge in [-0.05, 0) is 36.5 Å². The van der Waals surface area contributed by atoms with Crippen LogP contribution in [-0.2, 0) is 9.53 Å². The Bertz CT molecular complexity index is 900. The molecule has 1 aromatic heterocycles. The highest BCUT2D eigenvalue weighted by Gasteiger charge is 2.20. The van der Waals surface area contributed by atoms with E-state index in [1.165, 1.54) is 13.8 Å². The van der Waals surface area contributed by atoms with E-state index in [-0.39, 0.29) is 27.3 Å². The molecule has 0 aliphatic carbocycles. The average Bonchev–Trinajstić information content (AvgIpc) is 3.01. The first-order chi connectivity index (χ1) is 13.8. The third-order valence-electron chi connectivity index (χ3n) is 3.57. The van der Waals surface area contributed by atoms with Crippen molar-refractivity contribution in [3.63, 3.8) is 0 Å². The van der Waals surface area contributed by atoms with Crippen LogP contribution in [0.15, 0.2) is 18.2 Å². The lowest BCUT2D eigenvalue weighted by Gasteiger charge is -2.13. The van der Waals surface area contributed by atoms with Crippen LogP contribution in [0.1, 0.15) is 23.0 Å². The number of amides is 2. The van der Waals surface area contributed by atoms with Crippen molar-refractivity contribution in [1.82, 2.24) is 4.98 Å². The summed E-state index contributed by atoms with van der Waals surface area (Å²) in [6.45, 7) is 4.70. The minimum Gasteiger partial charge on any atom is -0.383 e. The summed E-state index contributed by atoms with van der Waals surface area (Å²) in [7, 11) is 0. The quantitative estimate of drug-likeness (QED) is 0.257. The number of anilines is 3. The van der Waals surface area contributed by atoms with E-state index in [9.17, 15) is 19.7 Å². The lowest BCUT2D eigenvalue weighted by molar-refractivity contribution is -0.380. The van der Waals surface area contributed by atoms with Crippen LogP contribution in [0.25, 0.3) is 0 Å². The Labute approximate surface area is 170 Å². The number of ether oxygens (including phenoxy) is 1. The van der Waals surface area contributed by atoms with Crippen molar-refractivity contribution in [1.29, 1.82) is 0 Å². The van der Waals surface area contributed by atoms with Crippen LogP contribution in [0.2, 0.25) is 0 Å². The summed E-state index contributed by atoms with van der Waals surface area (Å²) >= 11 is 0.766. The van der Waals surface area contributed by atoms with Crippen LogP contribution in [-0.4, -0.2) is 48.0 Å². The molecule has 29 heavy (non-hydrogen) atoms. The molecule has 2 amide bonds. The third-order valence-corrected chi connectivity index (χ3v) is 4.60. The van der Waals surface area contributed by atoms with Gasteiger partial charge in [0.2, 0.25) is 5.91 Å². The average molecular weight is 422 g/mol. The Morgan fingerprint density at radius 2 is 2.07 bits per heavy atom. The molecule has 2 aromatic rings. The highest BCUT2D eigenvalue weighted by molar-refractivity contribution is 7.19. The summed E-state index contributed by atoms with van der Waals surface area (Å²) in [6, 6.07) is 4.84. The molecule has 0 saturated heterocycles. The first kappa shape index (κ1) is 22.2. The van der Waals surface area contributed by atoms with Crippen LogP contribution < -0.4 is 21.7 Å². The Morgan fingerprint density at radius 1 is 1.31 bits per heavy atom. The maximum absolute atomic E-state index is 12.6. The van der Waals surface area contributed by atoms with Crippen LogP contribution >= 0.6 is 11.3 Å². The molecular formula is C17H22N6O5S. The van der Waals surface area contributed by atoms with E-state index >= 15 is 0 Å². The number of hydrogen-bond acceptors (Lipinski definition) is 9. The molecule has 0 aliphatic rings. The fourth-order valence-electron chi connectivity index (χ4n) is 2.37. The molecule has 1 aromatic carbocycles. The summed E-state index contributed by atoms with van der Waals surface area (Å²) in [5.74, 6) is -0.890. The van der Waals surface area contributed by atoms with Gasteiger partial charge in [0.25, 0.3) is 5.91 Å². The van der Waals surface area contributed by atoms with Crippen LogP contribution in [0, 0.1) is 17.0 Å². The summed E-state index contributed by atoms with van der Waals surface area (Å²) in [5, 5.41) is 19.2. The van der Waals surface area contributed by atoms with Crippen molar-refractivity contribution < 1.29 is 19.2 Å². The van der Waals surface area contributed by atoms with Gasteiger partial charge < -0.3 is 21.1 Å². The number of nitrogens with zero attached hydrogens (tertiary/aromatic N) is 2. The fourth-order valence-corrected chi connectivity index (χ4v) is 3.15. The van der Waals surface area contributed by atoms with Gasteiger partial charge in [0, 0.05) is 25.7 Å². The van der Waals surface area contributed by atoms with Gasteiger partial charge in [-0.1, -0.05) is 0 Å². The topological polar surface area (TPSA) is 162 Å². The van der Waals surface area contributed by atoms with Gasteiger partial charge in [-0.25, -0.2) is 4.98 Å². The summed E-state index contributed by atoms with van der Waals surface area (Å²) in [4.78, 5) is 38.5. The number of rotatable bonds is 10. The second-order valence-corrected chi connectivity index (χ2v) is 6.87. The maximum atomic E-state index is 12.6. The number of benzene rings is 1. The largest absolute Gasteiger partial charge is 0.383 e. The molecule has 0 saturated carbocycles. The number of carbonyl (C=O) groups excluding carboxylic acids is 2. The van der Waals surface area contributed by atoms with Gasteiger partial charge in [-0.2, -0.15) is 0 Å². The number of aromatic nitrogens is 1. The Hall–Kier alpha value is -3.09. The summed E-state index contributed by atoms with van der Waals surface area (Å²) < 4.78 is 5.28. The van der Waals surface area contributed by atoms with Gasteiger partial charge >= 0.3 is 5.00 Å². The monoisotopic (exact) mass is 422 g/mol. The molecule has 0 bridgehead atoms. The fraction of sp³-hybridized carbons (Fsp3) is 0.353. The minimum absolute atomic E-state index is 0.104. The predicted molar refractivity (Wildman–Crippen MR) is 111 cm³/mol. The van der Waals surface area contributed by atoms with Crippen molar-refractivity contribution in [2.75, 3.05) is 42.3 Å². The Balaban J connectivity index is 2.15. The number of nitrogens with two attached hydrogens (primary N) is 1. The van der Waals surface area contributed by atoms with E-state index in [4.69, 9.17) is 10.5 Å². The lowest BCUT2D eigenvalue weighted by Crippen LogP contribution is -2.17. The number of carbonyl (C=O) groups is 2. The predicted octanol–water partition coefficient (Wildman–Crippen LogP) is 1.96. The molecule has 156 valence electrons. The molecule has 0 radical (unpaired) electrons. The highest BCUT2D eigenvalue weighted by Crippen LogP contribution is 2.30. The number of nitrogens with one attached hydrogen (secondary N) is 3. The van der Waals surface area contributed by atoms with Crippen molar-refractivity contribution in [3.8, 4) is 0 Å². The van der Waals surface area contributed by atoms with E-state index < -0.39 is 10.8 Å². The molecule has 0 atom stereocenters. The van der Waals surface area contributed by atoms with Crippen molar-refractivity contribution in [2.24, 2.45) is 5.73 Å². The normalized spacial score (nSPS) is 10.4. The van der Waals surface area contributed by atoms with Crippen LogP contribution in [0.3, 0.4) is 0 Å². The molecular weight excluding hydrogens is 400 g/mol. The highest BCUT2D eigenvalue weighted by atomic mass is 32.1. The summed E-state index contributed by atoms with van der Waals surface area (Å²) in [6.07, 6.45) is 0. The molecule has 11 nitrogen and oxygen atoms in total. The van der Waals surface area contributed by atoms with Gasteiger partial charge in [0.05, 0.1) is 29.4 Å². The van der Waals surface area contributed by atoms with E-state index in [0.29, 0.717) is 37.7 Å². The summed E-state index contributed by atoms with van der Waals surface area (Å²) in [5.41, 5.74) is 6.74. The standard InChI is InChI=1S/C17H22N6O5S/c1-10-16(23(26)27)29-17(20-10)22-15(25)13-4-3-12(9-14(13)21-11(2)24)19-6-8-28-7-5-18/h3-4,9,19H,5-8,18H2,1-2H3,(H,21,24)(H,20,22,25). The molecule has 5 N–H and O–H groups in total. The van der Waals surface area contributed by atoms with E-state index in [1.807, 2.05) is 0 Å². The van der Waals surface area contributed by atoms with E-state index in [1.54, 1.807) is 18.2 Å². The van der Waals surface area contributed by atoms with E-state index in [0.717, 1.165) is 11.3 Å². The zero-order valence-corrected chi connectivity index (χ0v) is 16.8. The third kappa shape index (κ3) is 6.48. The number of aryl methyl sites for hydroxylation is 1. The number of hydrogen-bond donors (Lipinski definition) is 4. The first-order valence-corrected chi connectivity index (χ1v) is 9.50. The number of thiazole rings is 1. The molecule has 1 heterocycles. The Morgan fingerprint density at radius 3 is 2.69 bits per heavy atom. The van der Waals surface area contributed by atoms with Gasteiger partial charge in [0.15, 0.2) is 5.13 Å². The van der Waals surface area contributed by atoms with Crippen LogP contribution in [0.5, 0.6) is 0 Å². The first-order valence-electron chi connectivity index (χ1n) is 8.68. The molecule has 12 heteroatoms. The zero-order valence-electron chi connectivity index (χ0n) is 16.0. The van der Waals surface area contributed by atoms with E-state index in [2.05, 4.69) is 20.9 Å². The minimum atomic E-state index is -0.552. The Kier molecular flexibility index (Phi) is 8.00. The van der Waals surface area contributed by atoms with Crippen molar-refractivity contribution in [2.45, 2.75) is 13.8 Å². The smallest absolute Gasteiger partial charge is 0.348 e. The molecule has 0 spiro atoms. The van der Waals surface area contributed by atoms with Crippen molar-refractivity contribution >= 4 is 44.7 Å². The molecule has 0 unspecified atom stereocenters. The van der Waals surface area contributed by atoms with Gasteiger partial charge in [-0.3, -0.25) is 25.0 Å².